The molecule has 0 aromatic carbocycles. The van der Waals surface area contributed by atoms with E-state index in [1.807, 2.05) is 0 Å². The van der Waals surface area contributed by atoms with Gasteiger partial charge in [-0.15, -0.1) is 0 Å². The first-order chi connectivity index (χ1) is 9.24. The molecule has 2 atom stereocenters. The van der Waals surface area contributed by atoms with Crippen molar-refractivity contribution < 1.29 is 22.7 Å². The maximum Gasteiger partial charge on any atom is 0.248 e. The van der Waals surface area contributed by atoms with Crippen LogP contribution in [0.25, 0.3) is 0 Å². The van der Waals surface area contributed by atoms with Gasteiger partial charge in [0.1, 0.15) is 6.61 Å². The summed E-state index contributed by atoms with van der Waals surface area (Å²) < 4.78 is 35.8. The minimum atomic E-state index is -3.19. The van der Waals surface area contributed by atoms with Crippen LogP contribution in [0.5, 0.6) is 0 Å². The number of nitrogens with zero attached hydrogens (tertiary/aromatic N) is 2. The number of hydrogen-bond acceptors (Lipinski definition) is 5. The van der Waals surface area contributed by atoms with Crippen molar-refractivity contribution in [2.24, 2.45) is 11.3 Å². The van der Waals surface area contributed by atoms with Crippen molar-refractivity contribution >= 4 is 15.9 Å². The molecule has 116 valence electrons. The number of carbonyl (C=O) groups is 1. The fraction of sp³-hybridized carbons (Fsp3) is 0.917. The summed E-state index contributed by atoms with van der Waals surface area (Å²) in [5, 5.41) is 0. The van der Waals surface area contributed by atoms with Gasteiger partial charge in [0.25, 0.3) is 0 Å². The van der Waals surface area contributed by atoms with Gasteiger partial charge in [0.2, 0.25) is 15.9 Å². The van der Waals surface area contributed by atoms with Gasteiger partial charge in [-0.2, -0.15) is 0 Å². The molecule has 2 fully saturated rings. The van der Waals surface area contributed by atoms with Crippen molar-refractivity contribution in [2.75, 3.05) is 59.9 Å². The number of hydrogen-bond donors (Lipinski definition) is 0. The molecule has 0 N–H and O–H groups in total. The lowest BCUT2D eigenvalue weighted by molar-refractivity contribution is -0.135. The number of amides is 1. The zero-order valence-electron chi connectivity index (χ0n) is 12.2. The molecule has 2 aliphatic heterocycles. The summed E-state index contributed by atoms with van der Waals surface area (Å²) in [7, 11) is 0.156. The minimum Gasteiger partial charge on any atom is -0.380 e. The topological polar surface area (TPSA) is 76.2 Å². The Balaban J connectivity index is 1.96. The molecule has 0 saturated carbocycles. The van der Waals surface area contributed by atoms with Crippen molar-refractivity contribution in [1.29, 1.82) is 0 Å². The third kappa shape index (κ3) is 3.13. The number of likely N-dealkylation sites (N-methyl/N-ethyl adjacent to an activating group) is 1. The maximum absolute atomic E-state index is 11.7. The van der Waals surface area contributed by atoms with E-state index in [1.165, 1.54) is 15.5 Å². The lowest BCUT2D eigenvalue weighted by Crippen LogP contribution is -2.38. The second kappa shape index (κ2) is 5.59. The predicted octanol–water partition coefficient (Wildman–Crippen LogP) is -1.00. The van der Waals surface area contributed by atoms with Gasteiger partial charge in [0.15, 0.2) is 0 Å². The van der Waals surface area contributed by atoms with E-state index in [4.69, 9.17) is 9.47 Å². The third-order valence-corrected chi connectivity index (χ3v) is 5.29. The number of carbonyl (C=O) groups excluding carboxylic acids is 1. The van der Waals surface area contributed by atoms with E-state index in [2.05, 4.69) is 0 Å². The standard InChI is InChI=1S/C12H22N2O5S/c1-13(2)11(15)6-19-9-12-7-14(20(3,16)17)4-10(12)5-18-8-12/h10H,4-9H2,1-3H3/t10-,12+/m1/s1. The van der Waals surface area contributed by atoms with Crippen LogP contribution in [0, 0.1) is 11.3 Å². The van der Waals surface area contributed by atoms with E-state index in [9.17, 15) is 13.2 Å². The average molecular weight is 306 g/mol. The first-order valence-electron chi connectivity index (χ1n) is 6.55. The highest BCUT2D eigenvalue weighted by molar-refractivity contribution is 7.88. The number of ether oxygens (including phenoxy) is 2. The van der Waals surface area contributed by atoms with Crippen molar-refractivity contribution in [3.8, 4) is 0 Å². The third-order valence-electron chi connectivity index (χ3n) is 4.07. The Hall–Kier alpha value is -0.700. The molecule has 2 heterocycles. The van der Waals surface area contributed by atoms with E-state index in [0.717, 1.165) is 0 Å². The van der Waals surface area contributed by atoms with E-state index in [1.54, 1.807) is 14.1 Å². The van der Waals surface area contributed by atoms with Crippen molar-refractivity contribution in [2.45, 2.75) is 0 Å². The molecule has 8 heteroatoms. The summed E-state index contributed by atoms with van der Waals surface area (Å²) in [5.74, 6) is 0.0431. The Morgan fingerprint density at radius 2 is 2.20 bits per heavy atom. The minimum absolute atomic E-state index is 0.0142. The van der Waals surface area contributed by atoms with Crippen molar-refractivity contribution in [3.63, 3.8) is 0 Å². The summed E-state index contributed by atoms with van der Waals surface area (Å²) in [6, 6.07) is 0. The average Bonchev–Trinajstić information content (AvgIpc) is 2.84. The van der Waals surface area contributed by atoms with Gasteiger partial charge in [-0.05, 0) is 0 Å². The molecule has 0 bridgehead atoms. The fourth-order valence-corrected chi connectivity index (χ4v) is 3.65. The SMILES string of the molecule is CN(C)C(=O)COC[C@]12COC[C@H]1CN(S(C)(=O)=O)C2. The molecule has 0 aromatic heterocycles. The van der Waals surface area contributed by atoms with Gasteiger partial charge in [-0.1, -0.05) is 0 Å². The monoisotopic (exact) mass is 306 g/mol. The van der Waals surface area contributed by atoms with Gasteiger partial charge >= 0.3 is 0 Å². The van der Waals surface area contributed by atoms with Crippen LogP contribution in [-0.4, -0.2) is 83.4 Å². The summed E-state index contributed by atoms with van der Waals surface area (Å²) in [5.41, 5.74) is -0.310. The molecule has 0 spiro atoms. The first kappa shape index (κ1) is 15.7. The molecule has 0 aromatic rings. The summed E-state index contributed by atoms with van der Waals surface area (Å²) >= 11 is 0. The van der Waals surface area contributed by atoms with E-state index in [0.29, 0.717) is 32.9 Å². The molecular weight excluding hydrogens is 284 g/mol. The Bertz CT molecular complexity index is 478. The Morgan fingerprint density at radius 3 is 2.80 bits per heavy atom. The van der Waals surface area contributed by atoms with Gasteiger partial charge in [0, 0.05) is 38.5 Å². The summed E-state index contributed by atoms with van der Waals surface area (Å²) in [6.45, 7) is 2.29. The lowest BCUT2D eigenvalue weighted by Gasteiger charge is -2.26. The van der Waals surface area contributed by atoms with Gasteiger partial charge in [-0.25, -0.2) is 12.7 Å². The molecule has 7 nitrogen and oxygen atoms in total. The maximum atomic E-state index is 11.7. The fourth-order valence-electron chi connectivity index (χ4n) is 2.71. The molecule has 2 aliphatic rings. The second-order valence-electron chi connectivity index (χ2n) is 5.91. The highest BCUT2D eigenvalue weighted by atomic mass is 32.2. The first-order valence-corrected chi connectivity index (χ1v) is 8.40. The summed E-state index contributed by atoms with van der Waals surface area (Å²) in [6.07, 6.45) is 1.22. The molecule has 0 radical (unpaired) electrons. The van der Waals surface area contributed by atoms with E-state index in [-0.39, 0.29) is 23.8 Å². The van der Waals surface area contributed by atoms with Crippen LogP contribution in [-0.2, 0) is 24.3 Å². The predicted molar refractivity (Wildman–Crippen MR) is 72.7 cm³/mol. The van der Waals surface area contributed by atoms with Crippen LogP contribution in [0.2, 0.25) is 0 Å². The molecule has 0 aliphatic carbocycles. The smallest absolute Gasteiger partial charge is 0.248 e. The lowest BCUT2D eigenvalue weighted by atomic mass is 9.82. The van der Waals surface area contributed by atoms with E-state index >= 15 is 0 Å². The van der Waals surface area contributed by atoms with Gasteiger partial charge < -0.3 is 14.4 Å². The van der Waals surface area contributed by atoms with Gasteiger partial charge in [0.05, 0.1) is 26.1 Å². The van der Waals surface area contributed by atoms with E-state index < -0.39 is 10.0 Å². The summed E-state index contributed by atoms with van der Waals surface area (Å²) in [4.78, 5) is 13.0. The van der Waals surface area contributed by atoms with Gasteiger partial charge in [-0.3, -0.25) is 4.79 Å². The van der Waals surface area contributed by atoms with Crippen molar-refractivity contribution in [3.05, 3.63) is 0 Å². The normalized spacial score (nSPS) is 30.4. The molecule has 2 rings (SSSR count). The van der Waals surface area contributed by atoms with Crippen LogP contribution >= 0.6 is 0 Å². The largest absolute Gasteiger partial charge is 0.380 e. The molecule has 2 saturated heterocycles. The number of sulfonamides is 1. The highest BCUT2D eigenvalue weighted by Crippen LogP contribution is 2.42. The van der Waals surface area contributed by atoms with Crippen LogP contribution in [0.4, 0.5) is 0 Å². The molecule has 0 unspecified atom stereocenters. The highest BCUT2D eigenvalue weighted by Gasteiger charge is 2.52. The Labute approximate surface area is 119 Å². The van der Waals surface area contributed by atoms with Crippen LogP contribution in [0.1, 0.15) is 0 Å². The second-order valence-corrected chi connectivity index (χ2v) is 7.89. The zero-order valence-corrected chi connectivity index (χ0v) is 13.0. The zero-order chi connectivity index (χ0) is 15.0. The Kier molecular flexibility index (Phi) is 4.38. The molecule has 1 amide bonds. The van der Waals surface area contributed by atoms with Crippen LogP contribution < -0.4 is 0 Å². The number of fused-ring (bicyclic) bond motifs is 1. The van der Waals surface area contributed by atoms with Crippen LogP contribution in [0.15, 0.2) is 0 Å². The number of rotatable bonds is 5. The van der Waals surface area contributed by atoms with Crippen LogP contribution in [0.3, 0.4) is 0 Å². The molecular formula is C12H22N2O5S. The quantitative estimate of drug-likeness (QED) is 0.651. The molecule has 20 heavy (non-hydrogen) atoms. The van der Waals surface area contributed by atoms with Crippen molar-refractivity contribution in [1.82, 2.24) is 9.21 Å². The Morgan fingerprint density at radius 1 is 1.50 bits per heavy atom.